The Balaban J connectivity index is 2.25. The normalized spacial score (nSPS) is 10.7. The Hall–Kier alpha value is -3.73. The minimum absolute atomic E-state index is 0.0974. The number of rotatable bonds is 3. The Morgan fingerprint density at radius 2 is 2.00 bits per heavy atom. The van der Waals surface area contributed by atoms with E-state index in [1.54, 1.807) is 12.1 Å². The van der Waals surface area contributed by atoms with E-state index in [4.69, 9.17) is 9.68 Å². The first-order valence-corrected chi connectivity index (χ1v) is 7.63. The summed E-state index contributed by atoms with van der Waals surface area (Å²) in [4.78, 5) is 34.6. The van der Waals surface area contributed by atoms with Gasteiger partial charge in [-0.15, -0.1) is 0 Å². The fraction of sp³-hybridized carbons (Fsp3) is 0.167. The van der Waals surface area contributed by atoms with E-state index in [1.165, 1.54) is 6.07 Å². The average molecular weight is 351 g/mol. The van der Waals surface area contributed by atoms with Crippen LogP contribution in [0, 0.1) is 35.3 Å². The van der Waals surface area contributed by atoms with Gasteiger partial charge in [-0.1, -0.05) is 12.1 Å². The molecule has 3 aromatic rings. The number of pyridine rings is 1. The Kier molecular flexibility index (Phi) is 4.14. The summed E-state index contributed by atoms with van der Waals surface area (Å²) < 4.78 is 6.34. The molecule has 0 aliphatic carbocycles. The van der Waals surface area contributed by atoms with E-state index in [1.807, 2.05) is 19.9 Å². The number of aromatic nitrogens is 1. The summed E-state index contributed by atoms with van der Waals surface area (Å²) in [6, 6.07) is 7.47. The van der Waals surface area contributed by atoms with Gasteiger partial charge >= 0.3 is 5.63 Å². The van der Waals surface area contributed by atoms with Gasteiger partial charge in [0.2, 0.25) is 0 Å². The minimum Gasteiger partial charge on any atom is -0.422 e. The molecule has 1 aromatic carbocycles. The molecule has 0 fully saturated rings. The molecule has 0 unspecified atom stereocenters. The van der Waals surface area contributed by atoms with Gasteiger partial charge in [0.15, 0.2) is 0 Å². The van der Waals surface area contributed by atoms with Crippen molar-refractivity contribution in [3.8, 4) is 6.07 Å². The van der Waals surface area contributed by atoms with Crippen molar-refractivity contribution in [1.82, 2.24) is 4.57 Å². The molecule has 0 aliphatic rings. The lowest BCUT2D eigenvalue weighted by Gasteiger charge is -2.10. The lowest BCUT2D eigenvalue weighted by atomic mass is 10.0. The third kappa shape index (κ3) is 2.86. The van der Waals surface area contributed by atoms with Crippen LogP contribution in [-0.4, -0.2) is 9.49 Å². The molecule has 0 saturated carbocycles. The number of benzene rings is 1. The van der Waals surface area contributed by atoms with Crippen LogP contribution in [0.2, 0.25) is 0 Å². The van der Waals surface area contributed by atoms with E-state index < -0.39 is 16.1 Å². The summed E-state index contributed by atoms with van der Waals surface area (Å²) in [5.74, 6) is 0. The second kappa shape index (κ2) is 6.29. The van der Waals surface area contributed by atoms with E-state index >= 15 is 0 Å². The van der Waals surface area contributed by atoms with Crippen LogP contribution in [0.15, 0.2) is 44.5 Å². The molecule has 26 heavy (non-hydrogen) atoms. The predicted octanol–water partition coefficient (Wildman–Crippen LogP) is 2.40. The highest BCUT2D eigenvalue weighted by atomic mass is 16.6. The van der Waals surface area contributed by atoms with Crippen molar-refractivity contribution in [3.63, 3.8) is 0 Å². The van der Waals surface area contributed by atoms with Crippen LogP contribution in [0.25, 0.3) is 11.0 Å². The highest BCUT2D eigenvalue weighted by Gasteiger charge is 2.16. The number of nitriles is 1. The summed E-state index contributed by atoms with van der Waals surface area (Å²) in [6.07, 6.45) is 1.06. The number of nitro groups is 1. The third-order valence-electron chi connectivity index (χ3n) is 4.26. The molecular formula is C18H13N3O5. The smallest absolute Gasteiger partial charge is 0.336 e. The monoisotopic (exact) mass is 351 g/mol. The topological polar surface area (TPSA) is 119 Å². The minimum atomic E-state index is -0.679. The van der Waals surface area contributed by atoms with Crippen molar-refractivity contribution in [3.05, 3.63) is 83.6 Å². The summed E-state index contributed by atoms with van der Waals surface area (Å²) in [6.45, 7) is 3.60. The lowest BCUT2D eigenvalue weighted by Crippen LogP contribution is -2.23. The van der Waals surface area contributed by atoms with Crippen molar-refractivity contribution in [2.24, 2.45) is 0 Å². The van der Waals surface area contributed by atoms with Gasteiger partial charge in [0.05, 0.1) is 17.7 Å². The van der Waals surface area contributed by atoms with Gasteiger partial charge in [0.1, 0.15) is 17.2 Å². The quantitative estimate of drug-likeness (QED) is 0.406. The third-order valence-corrected chi connectivity index (χ3v) is 4.26. The van der Waals surface area contributed by atoms with Gasteiger partial charge in [-0.2, -0.15) is 5.26 Å². The molecule has 0 atom stereocenters. The molecule has 8 nitrogen and oxygen atoms in total. The van der Waals surface area contributed by atoms with Crippen LogP contribution in [0.3, 0.4) is 0 Å². The zero-order chi connectivity index (χ0) is 19.0. The zero-order valence-corrected chi connectivity index (χ0v) is 14.0. The number of hydrogen-bond donors (Lipinski definition) is 0. The predicted molar refractivity (Wildman–Crippen MR) is 93.1 cm³/mol. The number of aryl methyl sites for hydroxylation is 2. The van der Waals surface area contributed by atoms with E-state index in [0.717, 1.165) is 28.0 Å². The van der Waals surface area contributed by atoms with E-state index in [9.17, 15) is 19.7 Å². The van der Waals surface area contributed by atoms with Crippen molar-refractivity contribution >= 4 is 16.7 Å². The van der Waals surface area contributed by atoms with Crippen LogP contribution >= 0.6 is 0 Å². The standard InChI is InChI=1S/C18H13N3O5/c1-10-3-4-15-13(6-16(22)26-17(15)11(10)2)8-20-9-14(21(24)25)5-12(7-19)18(20)23/h3-6,9H,8H2,1-2H3. The Morgan fingerprint density at radius 3 is 2.65 bits per heavy atom. The summed E-state index contributed by atoms with van der Waals surface area (Å²) in [5, 5.41) is 20.7. The van der Waals surface area contributed by atoms with E-state index in [-0.39, 0.29) is 17.8 Å². The molecule has 130 valence electrons. The summed E-state index contributed by atoms with van der Waals surface area (Å²) in [7, 11) is 0. The largest absolute Gasteiger partial charge is 0.422 e. The van der Waals surface area contributed by atoms with Crippen LogP contribution in [0.1, 0.15) is 22.3 Å². The van der Waals surface area contributed by atoms with Gasteiger partial charge in [0.25, 0.3) is 11.2 Å². The van der Waals surface area contributed by atoms with E-state index in [0.29, 0.717) is 16.5 Å². The van der Waals surface area contributed by atoms with Gasteiger partial charge in [0, 0.05) is 17.5 Å². The Labute approximate surface area is 146 Å². The maximum atomic E-state index is 12.3. The Morgan fingerprint density at radius 1 is 1.27 bits per heavy atom. The maximum Gasteiger partial charge on any atom is 0.336 e. The molecule has 0 N–H and O–H groups in total. The van der Waals surface area contributed by atoms with E-state index in [2.05, 4.69) is 0 Å². The fourth-order valence-electron chi connectivity index (χ4n) is 2.76. The zero-order valence-electron chi connectivity index (χ0n) is 14.0. The fourth-order valence-corrected chi connectivity index (χ4v) is 2.76. The van der Waals surface area contributed by atoms with Crippen LogP contribution in [0.4, 0.5) is 5.69 Å². The highest BCUT2D eigenvalue weighted by Crippen LogP contribution is 2.24. The molecule has 0 bridgehead atoms. The van der Waals surface area contributed by atoms with Gasteiger partial charge in [-0.05, 0) is 30.5 Å². The molecule has 0 spiro atoms. The molecule has 0 radical (unpaired) electrons. The number of hydrogen-bond acceptors (Lipinski definition) is 6. The molecule has 0 amide bonds. The maximum absolute atomic E-state index is 12.3. The summed E-state index contributed by atoms with van der Waals surface area (Å²) >= 11 is 0. The molecule has 0 aliphatic heterocycles. The molecule has 0 saturated heterocycles. The SMILES string of the molecule is Cc1ccc2c(Cn3cc([N+](=O)[O-])cc(C#N)c3=O)cc(=O)oc2c1C. The molecule has 2 heterocycles. The van der Waals surface area contributed by atoms with Gasteiger partial charge < -0.3 is 8.98 Å². The number of fused-ring (bicyclic) bond motifs is 1. The van der Waals surface area contributed by atoms with Crippen molar-refractivity contribution < 1.29 is 9.34 Å². The average Bonchev–Trinajstić information content (AvgIpc) is 2.60. The van der Waals surface area contributed by atoms with Gasteiger partial charge in [-0.25, -0.2) is 4.79 Å². The first kappa shape index (κ1) is 17.1. The second-order valence-corrected chi connectivity index (χ2v) is 5.89. The van der Waals surface area contributed by atoms with Crippen molar-refractivity contribution in [2.75, 3.05) is 0 Å². The Bertz CT molecular complexity index is 1210. The lowest BCUT2D eigenvalue weighted by molar-refractivity contribution is -0.385. The van der Waals surface area contributed by atoms with Gasteiger partial charge in [-0.3, -0.25) is 14.9 Å². The van der Waals surface area contributed by atoms with Crippen LogP contribution < -0.4 is 11.2 Å². The summed E-state index contributed by atoms with van der Waals surface area (Å²) in [5.41, 5.74) is 0.669. The van der Waals surface area contributed by atoms with Crippen LogP contribution in [0.5, 0.6) is 0 Å². The van der Waals surface area contributed by atoms with Crippen molar-refractivity contribution in [1.29, 1.82) is 5.26 Å². The van der Waals surface area contributed by atoms with Crippen molar-refractivity contribution in [2.45, 2.75) is 20.4 Å². The number of nitrogens with zero attached hydrogens (tertiary/aromatic N) is 3. The highest BCUT2D eigenvalue weighted by molar-refractivity contribution is 5.83. The first-order valence-electron chi connectivity index (χ1n) is 7.63. The first-order chi connectivity index (χ1) is 12.3. The molecule has 3 rings (SSSR count). The molecule has 8 heteroatoms. The van der Waals surface area contributed by atoms with Crippen LogP contribution in [-0.2, 0) is 6.54 Å². The molecular weight excluding hydrogens is 338 g/mol. The molecule has 2 aromatic heterocycles. The second-order valence-electron chi connectivity index (χ2n) is 5.89.